The Kier molecular flexibility index (Phi) is 5.00. The number of rotatable bonds is 6. The molecular weight excluding hydrogens is 312 g/mol. The Hall–Kier alpha value is -2.54. The molecule has 22 heavy (non-hydrogen) atoms. The van der Waals surface area contributed by atoms with E-state index in [2.05, 4.69) is 0 Å². The van der Waals surface area contributed by atoms with E-state index in [1.54, 1.807) is 24.3 Å². The van der Waals surface area contributed by atoms with Gasteiger partial charge in [0.15, 0.2) is 0 Å². The molecule has 8 heteroatoms. The highest BCUT2D eigenvalue weighted by Crippen LogP contribution is 2.17. The highest BCUT2D eigenvalue weighted by atomic mass is 35.5. The molecule has 0 saturated carbocycles. The van der Waals surface area contributed by atoms with Crippen LogP contribution in [0.1, 0.15) is 10.5 Å². The zero-order valence-corrected chi connectivity index (χ0v) is 12.4. The van der Waals surface area contributed by atoms with Gasteiger partial charge >= 0.3 is 5.97 Å². The number of aryl methyl sites for hydroxylation is 1. The summed E-state index contributed by atoms with van der Waals surface area (Å²) in [5.74, 6) is -0.0802. The normalized spacial score (nSPS) is 10.3. The molecule has 1 heterocycles. The molecule has 0 amide bonds. The zero-order valence-electron chi connectivity index (χ0n) is 11.7. The fourth-order valence-electron chi connectivity index (χ4n) is 1.77. The third kappa shape index (κ3) is 3.98. The van der Waals surface area contributed by atoms with Crippen molar-refractivity contribution in [1.29, 1.82) is 0 Å². The zero-order chi connectivity index (χ0) is 16.1. The van der Waals surface area contributed by atoms with Crippen molar-refractivity contribution in [2.24, 2.45) is 7.05 Å². The second-order valence-electron chi connectivity index (χ2n) is 4.39. The van der Waals surface area contributed by atoms with E-state index in [1.807, 2.05) is 0 Å². The summed E-state index contributed by atoms with van der Waals surface area (Å²) in [7, 11) is 1.53. The van der Waals surface area contributed by atoms with E-state index in [1.165, 1.54) is 23.9 Å². The highest BCUT2D eigenvalue weighted by molar-refractivity contribution is 6.30. The van der Waals surface area contributed by atoms with Crippen LogP contribution >= 0.6 is 11.6 Å². The first-order chi connectivity index (χ1) is 10.5. The lowest BCUT2D eigenvalue weighted by Crippen LogP contribution is -2.14. The summed E-state index contributed by atoms with van der Waals surface area (Å²) < 4.78 is 11.7. The Balaban J connectivity index is 1.84. The molecule has 116 valence electrons. The Morgan fingerprint density at radius 2 is 2.14 bits per heavy atom. The van der Waals surface area contributed by atoms with E-state index in [0.29, 0.717) is 10.8 Å². The molecule has 7 nitrogen and oxygen atoms in total. The van der Waals surface area contributed by atoms with Crippen LogP contribution in [-0.2, 0) is 11.8 Å². The quantitative estimate of drug-likeness (QED) is 0.353. The van der Waals surface area contributed by atoms with Gasteiger partial charge in [-0.15, -0.1) is 0 Å². The fraction of sp³-hybridized carbons (Fsp3) is 0.214. The maximum absolute atomic E-state index is 11.8. The van der Waals surface area contributed by atoms with Gasteiger partial charge in [0.2, 0.25) is 0 Å². The van der Waals surface area contributed by atoms with Crippen LogP contribution in [-0.4, -0.2) is 28.7 Å². The molecule has 0 N–H and O–H groups in total. The van der Waals surface area contributed by atoms with Crippen molar-refractivity contribution in [2.75, 3.05) is 13.2 Å². The van der Waals surface area contributed by atoms with E-state index < -0.39 is 10.9 Å². The number of esters is 1. The first-order valence-electron chi connectivity index (χ1n) is 6.33. The van der Waals surface area contributed by atoms with Crippen LogP contribution < -0.4 is 4.74 Å². The van der Waals surface area contributed by atoms with Gasteiger partial charge in [-0.25, -0.2) is 4.79 Å². The Bertz CT molecular complexity index is 698. The average Bonchev–Trinajstić information content (AvgIpc) is 2.86. The van der Waals surface area contributed by atoms with Gasteiger partial charge in [0, 0.05) is 18.1 Å². The number of ether oxygens (including phenoxy) is 2. The largest absolute Gasteiger partial charge is 0.490 e. The first kappa shape index (κ1) is 15.8. The van der Waals surface area contributed by atoms with Crippen LogP contribution in [0.25, 0.3) is 0 Å². The minimum absolute atomic E-state index is 0.0182. The third-order valence-electron chi connectivity index (χ3n) is 2.79. The van der Waals surface area contributed by atoms with Crippen molar-refractivity contribution in [3.05, 3.63) is 57.4 Å². The van der Waals surface area contributed by atoms with E-state index in [-0.39, 0.29) is 24.6 Å². The van der Waals surface area contributed by atoms with Crippen molar-refractivity contribution in [2.45, 2.75) is 0 Å². The topological polar surface area (TPSA) is 83.6 Å². The summed E-state index contributed by atoms with van der Waals surface area (Å²) in [6.45, 7) is 0.170. The molecule has 0 atom stereocenters. The van der Waals surface area contributed by atoms with Gasteiger partial charge in [0.25, 0.3) is 5.69 Å². The van der Waals surface area contributed by atoms with Gasteiger partial charge in [0.05, 0.1) is 11.1 Å². The molecule has 0 aliphatic rings. The number of nitrogens with zero attached hydrogens (tertiary/aromatic N) is 2. The maximum Gasteiger partial charge on any atom is 0.355 e. The molecule has 0 fully saturated rings. The van der Waals surface area contributed by atoms with E-state index in [0.717, 1.165) is 0 Å². The smallest absolute Gasteiger partial charge is 0.355 e. The molecule has 0 radical (unpaired) electrons. The molecule has 0 spiro atoms. The predicted octanol–water partition coefficient (Wildman–Crippen LogP) is 2.82. The van der Waals surface area contributed by atoms with Gasteiger partial charge in [0.1, 0.15) is 24.7 Å². The maximum atomic E-state index is 11.8. The van der Waals surface area contributed by atoms with Crippen LogP contribution in [0.2, 0.25) is 5.02 Å². The Morgan fingerprint density at radius 1 is 1.36 bits per heavy atom. The molecule has 0 aliphatic carbocycles. The lowest BCUT2D eigenvalue weighted by Gasteiger charge is -2.07. The Morgan fingerprint density at radius 3 is 2.77 bits per heavy atom. The van der Waals surface area contributed by atoms with Gasteiger partial charge in [-0.05, 0) is 18.2 Å². The molecule has 2 aromatic rings. The summed E-state index contributed by atoms with van der Waals surface area (Å²) >= 11 is 5.81. The standard InChI is InChI=1S/C14H13ClN2O5/c1-16-9-11(17(19)20)8-13(16)14(18)22-6-5-21-12-4-2-3-10(15)7-12/h2-4,7-9H,5-6H2,1H3. The minimum atomic E-state index is -0.648. The lowest BCUT2D eigenvalue weighted by atomic mass is 10.3. The van der Waals surface area contributed by atoms with E-state index in [4.69, 9.17) is 21.1 Å². The SMILES string of the molecule is Cn1cc([N+](=O)[O-])cc1C(=O)OCCOc1cccc(Cl)c1. The van der Waals surface area contributed by atoms with Gasteiger partial charge in [-0.1, -0.05) is 17.7 Å². The summed E-state index contributed by atoms with van der Waals surface area (Å²) in [6, 6.07) is 8.00. The number of carbonyl (C=O) groups is 1. The highest BCUT2D eigenvalue weighted by Gasteiger charge is 2.18. The van der Waals surface area contributed by atoms with Gasteiger partial charge < -0.3 is 14.0 Å². The number of aromatic nitrogens is 1. The van der Waals surface area contributed by atoms with Crippen LogP contribution in [0.4, 0.5) is 5.69 Å². The van der Waals surface area contributed by atoms with Crippen molar-refractivity contribution < 1.29 is 19.2 Å². The second kappa shape index (κ2) is 6.95. The first-order valence-corrected chi connectivity index (χ1v) is 6.71. The van der Waals surface area contributed by atoms with E-state index >= 15 is 0 Å². The molecule has 0 bridgehead atoms. The molecule has 0 saturated heterocycles. The average molecular weight is 325 g/mol. The number of hydrogen-bond acceptors (Lipinski definition) is 5. The molecule has 1 aromatic heterocycles. The monoisotopic (exact) mass is 324 g/mol. The van der Waals surface area contributed by atoms with Crippen LogP contribution in [0.5, 0.6) is 5.75 Å². The summed E-state index contributed by atoms with van der Waals surface area (Å²) in [5, 5.41) is 11.2. The molecule has 0 unspecified atom stereocenters. The lowest BCUT2D eigenvalue weighted by molar-refractivity contribution is -0.384. The van der Waals surface area contributed by atoms with Crippen molar-refractivity contribution in [3.63, 3.8) is 0 Å². The predicted molar refractivity (Wildman–Crippen MR) is 79.3 cm³/mol. The number of carbonyl (C=O) groups excluding carboxylic acids is 1. The summed E-state index contributed by atoms with van der Waals surface area (Å²) in [6.07, 6.45) is 1.25. The minimum Gasteiger partial charge on any atom is -0.490 e. The number of halogens is 1. The third-order valence-corrected chi connectivity index (χ3v) is 3.03. The van der Waals surface area contributed by atoms with Gasteiger partial charge in [-0.3, -0.25) is 10.1 Å². The van der Waals surface area contributed by atoms with Gasteiger partial charge in [-0.2, -0.15) is 0 Å². The number of hydrogen-bond donors (Lipinski definition) is 0. The van der Waals surface area contributed by atoms with E-state index in [9.17, 15) is 14.9 Å². The van der Waals surface area contributed by atoms with Crippen molar-refractivity contribution >= 4 is 23.3 Å². The second-order valence-corrected chi connectivity index (χ2v) is 4.83. The summed E-state index contributed by atoms with van der Waals surface area (Å²) in [4.78, 5) is 21.9. The fourth-order valence-corrected chi connectivity index (χ4v) is 1.95. The Labute approximate surface area is 131 Å². The van der Waals surface area contributed by atoms with Crippen LogP contribution in [0.15, 0.2) is 36.5 Å². The number of nitro groups is 1. The molecular formula is C14H13ClN2O5. The number of benzene rings is 1. The van der Waals surface area contributed by atoms with Crippen molar-refractivity contribution in [3.8, 4) is 5.75 Å². The molecule has 1 aromatic carbocycles. The van der Waals surface area contributed by atoms with Crippen molar-refractivity contribution in [1.82, 2.24) is 4.57 Å². The van der Waals surface area contributed by atoms with Crippen LogP contribution in [0.3, 0.4) is 0 Å². The molecule has 0 aliphatic heterocycles. The van der Waals surface area contributed by atoms with Crippen LogP contribution in [0, 0.1) is 10.1 Å². The molecule has 2 rings (SSSR count). The summed E-state index contributed by atoms with van der Waals surface area (Å²) in [5.41, 5.74) is -0.0564.